The van der Waals surface area contributed by atoms with Crippen LogP contribution in [0.3, 0.4) is 0 Å². The van der Waals surface area contributed by atoms with Crippen LogP contribution < -0.4 is 5.73 Å². The Morgan fingerprint density at radius 2 is 1.60 bits per heavy atom. The van der Waals surface area contributed by atoms with E-state index < -0.39 is 24.2 Å². The monoisotopic (exact) mass is 219 g/mol. The summed E-state index contributed by atoms with van der Waals surface area (Å²) in [6.45, 7) is 0. The molecule has 0 spiro atoms. The molecule has 0 aliphatic heterocycles. The molecule has 0 amide bonds. The molecule has 0 heterocycles. The van der Waals surface area contributed by atoms with Crippen LogP contribution in [-0.2, 0) is 0 Å². The van der Waals surface area contributed by atoms with Gasteiger partial charge in [0.05, 0.1) is 5.92 Å². The van der Waals surface area contributed by atoms with Gasteiger partial charge in [0, 0.05) is 12.1 Å². The van der Waals surface area contributed by atoms with Gasteiger partial charge < -0.3 is 5.73 Å². The van der Waals surface area contributed by atoms with Crippen molar-refractivity contribution in [1.29, 1.82) is 0 Å². The molecule has 1 atom stereocenters. The lowest BCUT2D eigenvalue weighted by Crippen LogP contribution is -2.56. The van der Waals surface area contributed by atoms with Crippen molar-refractivity contribution in [1.82, 2.24) is 0 Å². The summed E-state index contributed by atoms with van der Waals surface area (Å²) in [6, 6.07) is 5.59. The highest BCUT2D eigenvalue weighted by atomic mass is 19.3. The average Bonchev–Trinajstić information content (AvgIpc) is 2.16. The fraction of sp³-hybridized carbons (Fsp3) is 0.400. The van der Waals surface area contributed by atoms with Crippen LogP contribution in [0.2, 0.25) is 0 Å². The smallest absolute Gasteiger partial charge is 0.317 e. The average molecular weight is 219 g/mol. The van der Waals surface area contributed by atoms with Gasteiger partial charge in [-0.15, -0.1) is 0 Å². The van der Waals surface area contributed by atoms with E-state index in [9.17, 15) is 17.6 Å². The third kappa shape index (κ3) is 1.37. The zero-order valence-corrected chi connectivity index (χ0v) is 7.68. The lowest BCUT2D eigenvalue weighted by molar-refractivity contribution is -0.290. The standard InChI is InChI=1S/C10H9F4N/c11-9(12)5-8(10(9,13)14)6-1-3-7(15)4-2-6/h1-4,8H,5,15H2/t8-/m1/s1. The normalized spacial score (nSPS) is 27.1. The molecule has 1 nitrogen and oxygen atoms in total. The van der Waals surface area contributed by atoms with Gasteiger partial charge in [0.15, 0.2) is 0 Å². The fourth-order valence-corrected chi connectivity index (χ4v) is 1.70. The molecule has 2 rings (SSSR count). The molecular weight excluding hydrogens is 210 g/mol. The minimum Gasteiger partial charge on any atom is -0.399 e. The summed E-state index contributed by atoms with van der Waals surface area (Å²) in [5.41, 5.74) is 6.00. The Morgan fingerprint density at radius 3 is 2.00 bits per heavy atom. The van der Waals surface area contributed by atoms with Gasteiger partial charge in [-0.25, -0.2) is 0 Å². The first-order valence-corrected chi connectivity index (χ1v) is 4.46. The highest BCUT2D eigenvalue weighted by Crippen LogP contribution is 2.59. The number of nitrogen functional groups attached to an aromatic ring is 1. The first kappa shape index (κ1) is 10.3. The van der Waals surface area contributed by atoms with Gasteiger partial charge >= 0.3 is 11.8 Å². The Hall–Kier alpha value is -1.26. The van der Waals surface area contributed by atoms with E-state index in [4.69, 9.17) is 5.73 Å². The second-order valence-electron chi connectivity index (χ2n) is 3.75. The number of rotatable bonds is 1. The maximum absolute atomic E-state index is 13.0. The minimum atomic E-state index is -3.94. The molecule has 1 aliphatic carbocycles. The summed E-state index contributed by atoms with van der Waals surface area (Å²) in [4.78, 5) is 0. The zero-order valence-electron chi connectivity index (χ0n) is 7.68. The topological polar surface area (TPSA) is 26.0 Å². The van der Waals surface area contributed by atoms with Crippen LogP contribution in [0.15, 0.2) is 24.3 Å². The van der Waals surface area contributed by atoms with E-state index in [1.165, 1.54) is 24.3 Å². The van der Waals surface area contributed by atoms with Crippen molar-refractivity contribution in [2.24, 2.45) is 0 Å². The number of hydrogen-bond donors (Lipinski definition) is 1. The molecule has 0 radical (unpaired) electrons. The number of nitrogens with two attached hydrogens (primary N) is 1. The van der Waals surface area contributed by atoms with Crippen molar-refractivity contribution in [3.05, 3.63) is 29.8 Å². The van der Waals surface area contributed by atoms with Crippen LogP contribution >= 0.6 is 0 Å². The fourth-order valence-electron chi connectivity index (χ4n) is 1.70. The molecule has 0 aromatic heterocycles. The molecule has 5 heteroatoms. The Balaban J connectivity index is 2.25. The van der Waals surface area contributed by atoms with Gasteiger partial charge in [-0.1, -0.05) is 12.1 Å². The second-order valence-corrected chi connectivity index (χ2v) is 3.75. The van der Waals surface area contributed by atoms with Crippen molar-refractivity contribution in [2.75, 3.05) is 5.73 Å². The summed E-state index contributed by atoms with van der Waals surface area (Å²) in [5.74, 6) is -9.21. The third-order valence-corrected chi connectivity index (χ3v) is 2.72. The maximum Gasteiger partial charge on any atom is 0.317 e. The van der Waals surface area contributed by atoms with Gasteiger partial charge in [0.2, 0.25) is 0 Å². The van der Waals surface area contributed by atoms with Gasteiger partial charge in [0.1, 0.15) is 0 Å². The molecule has 1 saturated carbocycles. The Morgan fingerprint density at radius 1 is 1.07 bits per heavy atom. The predicted molar refractivity (Wildman–Crippen MR) is 48.1 cm³/mol. The number of halogens is 4. The maximum atomic E-state index is 13.0. The molecule has 2 N–H and O–H groups in total. The Bertz CT molecular complexity index is 372. The highest BCUT2D eigenvalue weighted by molar-refractivity contribution is 5.42. The van der Waals surface area contributed by atoms with Crippen LogP contribution in [0.4, 0.5) is 23.2 Å². The van der Waals surface area contributed by atoms with E-state index in [-0.39, 0.29) is 5.56 Å². The van der Waals surface area contributed by atoms with Crippen molar-refractivity contribution < 1.29 is 17.6 Å². The van der Waals surface area contributed by atoms with E-state index in [2.05, 4.69) is 0 Å². The van der Waals surface area contributed by atoms with Gasteiger partial charge in [-0.2, -0.15) is 17.6 Å². The molecule has 1 aliphatic rings. The third-order valence-electron chi connectivity index (χ3n) is 2.72. The Kier molecular flexibility index (Phi) is 1.96. The van der Waals surface area contributed by atoms with Crippen molar-refractivity contribution >= 4 is 5.69 Å². The zero-order chi connectivity index (χ0) is 11.3. The Labute approximate surface area is 83.9 Å². The van der Waals surface area contributed by atoms with Gasteiger partial charge in [0.25, 0.3) is 0 Å². The van der Waals surface area contributed by atoms with E-state index in [1.807, 2.05) is 0 Å². The lowest BCUT2D eigenvalue weighted by Gasteiger charge is -2.44. The minimum absolute atomic E-state index is 0.208. The predicted octanol–water partition coefficient (Wildman–Crippen LogP) is 3.03. The van der Waals surface area contributed by atoms with Crippen molar-refractivity contribution in [3.63, 3.8) is 0 Å². The lowest BCUT2D eigenvalue weighted by atomic mass is 9.72. The van der Waals surface area contributed by atoms with Crippen LogP contribution in [0.25, 0.3) is 0 Å². The van der Waals surface area contributed by atoms with Crippen LogP contribution in [0.1, 0.15) is 17.9 Å². The summed E-state index contributed by atoms with van der Waals surface area (Å²) in [5, 5.41) is 0. The van der Waals surface area contributed by atoms with E-state index >= 15 is 0 Å². The SMILES string of the molecule is Nc1ccc([C@H]2CC(F)(F)C2(F)F)cc1. The second kappa shape index (κ2) is 2.87. The summed E-state index contributed by atoms with van der Waals surface area (Å²) in [7, 11) is 0. The molecule has 82 valence electrons. The number of benzene rings is 1. The van der Waals surface area contributed by atoms with E-state index in [0.717, 1.165) is 0 Å². The number of alkyl halides is 4. The van der Waals surface area contributed by atoms with Crippen molar-refractivity contribution in [2.45, 2.75) is 24.2 Å². The first-order valence-electron chi connectivity index (χ1n) is 4.46. The first-order chi connectivity index (χ1) is 6.84. The summed E-state index contributed by atoms with van der Waals surface area (Å²) >= 11 is 0. The highest BCUT2D eigenvalue weighted by Gasteiger charge is 2.71. The van der Waals surface area contributed by atoms with E-state index in [1.54, 1.807) is 0 Å². The molecule has 0 bridgehead atoms. The molecule has 1 aromatic rings. The summed E-state index contributed by atoms with van der Waals surface area (Å²) < 4.78 is 51.1. The molecular formula is C10H9F4N. The molecule has 1 fully saturated rings. The molecule has 0 saturated heterocycles. The molecule has 1 aromatic carbocycles. The summed E-state index contributed by atoms with van der Waals surface area (Å²) in [6.07, 6.45) is -0.802. The van der Waals surface area contributed by atoms with Crippen LogP contribution in [-0.4, -0.2) is 11.8 Å². The number of anilines is 1. The van der Waals surface area contributed by atoms with Gasteiger partial charge in [-0.05, 0) is 17.7 Å². The van der Waals surface area contributed by atoms with Crippen LogP contribution in [0, 0.1) is 0 Å². The van der Waals surface area contributed by atoms with Crippen LogP contribution in [0.5, 0.6) is 0 Å². The largest absolute Gasteiger partial charge is 0.399 e. The quantitative estimate of drug-likeness (QED) is 0.570. The molecule has 15 heavy (non-hydrogen) atoms. The number of hydrogen-bond acceptors (Lipinski definition) is 1. The van der Waals surface area contributed by atoms with Gasteiger partial charge in [-0.3, -0.25) is 0 Å². The molecule has 0 unspecified atom stereocenters. The van der Waals surface area contributed by atoms with E-state index in [0.29, 0.717) is 5.69 Å². The van der Waals surface area contributed by atoms with Crippen molar-refractivity contribution in [3.8, 4) is 0 Å².